The minimum atomic E-state index is -0.594. The molecule has 0 bridgehead atoms. The molecule has 1 unspecified atom stereocenters. The van der Waals surface area contributed by atoms with Crippen molar-refractivity contribution in [2.75, 3.05) is 19.5 Å². The van der Waals surface area contributed by atoms with Crippen molar-refractivity contribution in [2.45, 2.75) is 12.5 Å². The molecule has 1 amide bonds. The predicted molar refractivity (Wildman–Crippen MR) is 77.1 cm³/mol. The van der Waals surface area contributed by atoms with Gasteiger partial charge in [0.1, 0.15) is 10.7 Å². The molecule has 0 aliphatic carbocycles. The molecule has 1 aliphatic heterocycles. The van der Waals surface area contributed by atoms with Crippen LogP contribution in [0.15, 0.2) is 18.2 Å². The van der Waals surface area contributed by atoms with Crippen molar-refractivity contribution in [2.24, 2.45) is 0 Å². The third-order valence-electron chi connectivity index (χ3n) is 2.95. The van der Waals surface area contributed by atoms with Gasteiger partial charge in [-0.1, -0.05) is 12.2 Å². The van der Waals surface area contributed by atoms with Crippen molar-refractivity contribution in [3.8, 4) is 5.75 Å². The average Bonchev–Trinajstić information content (AvgIpc) is 2.56. The molecule has 0 radical (unpaired) electrons. The summed E-state index contributed by atoms with van der Waals surface area (Å²) in [7, 11) is 2.81. The summed E-state index contributed by atoms with van der Waals surface area (Å²) in [5.41, 5.74) is 1.000. The highest BCUT2D eigenvalue weighted by molar-refractivity contribution is 7.80. The molecule has 1 aliphatic rings. The van der Waals surface area contributed by atoms with Gasteiger partial charge < -0.3 is 20.1 Å². The minimum Gasteiger partial charge on any atom is -0.497 e. The molecule has 1 aromatic rings. The van der Waals surface area contributed by atoms with Gasteiger partial charge in [-0.25, -0.2) is 0 Å². The van der Waals surface area contributed by atoms with Crippen LogP contribution in [-0.4, -0.2) is 37.1 Å². The van der Waals surface area contributed by atoms with Crippen LogP contribution in [-0.2, 0) is 9.53 Å². The van der Waals surface area contributed by atoms with Crippen LogP contribution < -0.4 is 15.4 Å². The van der Waals surface area contributed by atoms with Gasteiger partial charge in [0.2, 0.25) is 0 Å². The van der Waals surface area contributed by atoms with Crippen LogP contribution in [0.5, 0.6) is 5.75 Å². The maximum atomic E-state index is 12.2. The molecular weight excluding hydrogens is 280 g/mol. The van der Waals surface area contributed by atoms with Gasteiger partial charge in [-0.05, 0) is 18.2 Å². The number of amides is 1. The minimum absolute atomic E-state index is 0.0147. The second-order valence-electron chi connectivity index (χ2n) is 4.21. The molecule has 2 N–H and O–H groups in total. The number of anilines is 1. The summed E-state index contributed by atoms with van der Waals surface area (Å²) < 4.78 is 9.68. The Bertz CT molecular complexity index is 573. The zero-order valence-electron chi connectivity index (χ0n) is 11.1. The molecule has 20 heavy (non-hydrogen) atoms. The summed E-state index contributed by atoms with van der Waals surface area (Å²) in [6, 6.07) is 4.45. The number of carbonyl (C=O) groups excluding carboxylic acids is 2. The first-order chi connectivity index (χ1) is 9.55. The van der Waals surface area contributed by atoms with E-state index in [0.717, 1.165) is 0 Å². The van der Waals surface area contributed by atoms with Crippen LogP contribution in [0.3, 0.4) is 0 Å². The maximum absolute atomic E-state index is 12.2. The Morgan fingerprint density at radius 1 is 1.40 bits per heavy atom. The van der Waals surface area contributed by atoms with E-state index in [4.69, 9.17) is 17.0 Å². The van der Waals surface area contributed by atoms with Gasteiger partial charge in [0.15, 0.2) is 0 Å². The lowest BCUT2D eigenvalue weighted by molar-refractivity contribution is -0.140. The van der Waals surface area contributed by atoms with Crippen LogP contribution in [0, 0.1) is 0 Å². The average molecular weight is 294 g/mol. The second kappa shape index (κ2) is 5.87. The van der Waals surface area contributed by atoms with Crippen molar-refractivity contribution in [1.82, 2.24) is 5.32 Å². The summed E-state index contributed by atoms with van der Waals surface area (Å²) in [5, 5.41) is 5.67. The Hall–Kier alpha value is -2.15. The molecular formula is C13H14N2O4S. The van der Waals surface area contributed by atoms with Crippen LogP contribution >= 0.6 is 12.2 Å². The third kappa shape index (κ3) is 2.88. The lowest BCUT2D eigenvalue weighted by atomic mass is 10.1. The van der Waals surface area contributed by atoms with Gasteiger partial charge in [-0.3, -0.25) is 9.59 Å². The van der Waals surface area contributed by atoms with Gasteiger partial charge in [0.05, 0.1) is 37.9 Å². The summed E-state index contributed by atoms with van der Waals surface area (Å²) in [6.07, 6.45) is -0.0147. The number of thiocarbonyl (C=S) groups is 1. The highest BCUT2D eigenvalue weighted by Gasteiger charge is 2.27. The summed E-state index contributed by atoms with van der Waals surface area (Å²) in [4.78, 5) is 23.9. The molecule has 0 aromatic heterocycles. The molecule has 0 spiro atoms. The standard InChI is InChI=1S/C13H14N2O4S/c1-18-7-3-4-9-8(5-7)12(17)14-10(13(20)15-9)6-11(16)19-2/h3-5,10H,6H2,1-2H3,(H,14,17)(H,15,20). The Labute approximate surface area is 121 Å². The van der Waals surface area contributed by atoms with Crippen LogP contribution in [0.25, 0.3) is 0 Å². The molecule has 106 valence electrons. The van der Waals surface area contributed by atoms with E-state index in [2.05, 4.69) is 15.4 Å². The van der Waals surface area contributed by atoms with Crippen molar-refractivity contribution in [3.05, 3.63) is 23.8 Å². The zero-order valence-corrected chi connectivity index (χ0v) is 11.9. The lowest BCUT2D eigenvalue weighted by Crippen LogP contribution is -2.41. The Morgan fingerprint density at radius 3 is 2.80 bits per heavy atom. The summed E-state index contributed by atoms with van der Waals surface area (Å²) in [6.45, 7) is 0. The van der Waals surface area contributed by atoms with Crippen molar-refractivity contribution in [3.63, 3.8) is 0 Å². The number of rotatable bonds is 3. The van der Waals surface area contributed by atoms with E-state index >= 15 is 0 Å². The van der Waals surface area contributed by atoms with Gasteiger partial charge in [-0.15, -0.1) is 0 Å². The van der Waals surface area contributed by atoms with E-state index in [1.165, 1.54) is 14.2 Å². The van der Waals surface area contributed by atoms with Gasteiger partial charge in [0, 0.05) is 0 Å². The number of hydrogen-bond donors (Lipinski definition) is 2. The van der Waals surface area contributed by atoms with Crippen molar-refractivity contribution < 1.29 is 19.1 Å². The van der Waals surface area contributed by atoms with E-state index in [1.54, 1.807) is 18.2 Å². The fraction of sp³-hybridized carbons (Fsp3) is 0.308. The quantitative estimate of drug-likeness (QED) is 0.642. The van der Waals surface area contributed by atoms with E-state index in [9.17, 15) is 9.59 Å². The highest BCUT2D eigenvalue weighted by Crippen LogP contribution is 2.24. The molecule has 0 saturated carbocycles. The summed E-state index contributed by atoms with van der Waals surface area (Å²) in [5.74, 6) is -0.193. The number of ether oxygens (including phenoxy) is 2. The molecule has 0 fully saturated rings. The fourth-order valence-electron chi connectivity index (χ4n) is 1.86. The number of esters is 1. The Kier molecular flexibility index (Phi) is 4.19. The van der Waals surface area contributed by atoms with E-state index in [0.29, 0.717) is 22.0 Å². The second-order valence-corrected chi connectivity index (χ2v) is 4.65. The molecule has 0 saturated heterocycles. The van der Waals surface area contributed by atoms with Crippen molar-refractivity contribution >= 4 is 34.8 Å². The highest BCUT2D eigenvalue weighted by atomic mass is 32.1. The molecule has 1 aromatic carbocycles. The number of carbonyl (C=O) groups is 2. The SMILES string of the molecule is COC(=O)CC1NC(=O)c2cc(OC)ccc2NC1=S. The van der Waals surface area contributed by atoms with Crippen LogP contribution in [0.2, 0.25) is 0 Å². The molecule has 7 heteroatoms. The first kappa shape index (κ1) is 14.3. The van der Waals surface area contributed by atoms with Gasteiger partial charge in [0.25, 0.3) is 5.91 Å². The van der Waals surface area contributed by atoms with E-state index < -0.39 is 12.0 Å². The Balaban J connectivity index is 2.28. The first-order valence-corrected chi connectivity index (χ1v) is 6.32. The van der Waals surface area contributed by atoms with E-state index in [1.807, 2.05) is 0 Å². The molecule has 2 rings (SSSR count). The van der Waals surface area contributed by atoms with Gasteiger partial charge >= 0.3 is 5.97 Å². The largest absolute Gasteiger partial charge is 0.497 e. The van der Waals surface area contributed by atoms with Gasteiger partial charge in [-0.2, -0.15) is 0 Å². The fourth-order valence-corrected chi connectivity index (χ4v) is 2.11. The third-order valence-corrected chi connectivity index (χ3v) is 3.34. The zero-order chi connectivity index (χ0) is 14.7. The smallest absolute Gasteiger partial charge is 0.308 e. The number of fused-ring (bicyclic) bond motifs is 1. The Morgan fingerprint density at radius 2 is 2.15 bits per heavy atom. The number of hydrogen-bond acceptors (Lipinski definition) is 5. The monoisotopic (exact) mass is 294 g/mol. The van der Waals surface area contributed by atoms with E-state index in [-0.39, 0.29) is 12.3 Å². The number of benzene rings is 1. The maximum Gasteiger partial charge on any atom is 0.308 e. The van der Waals surface area contributed by atoms with Crippen LogP contribution in [0.1, 0.15) is 16.8 Å². The summed E-state index contributed by atoms with van der Waals surface area (Å²) >= 11 is 5.21. The topological polar surface area (TPSA) is 76.7 Å². The molecule has 6 nitrogen and oxygen atoms in total. The normalized spacial score (nSPS) is 17.4. The molecule has 1 heterocycles. The number of methoxy groups -OCH3 is 2. The lowest BCUT2D eigenvalue weighted by Gasteiger charge is -2.15. The first-order valence-electron chi connectivity index (χ1n) is 5.91. The van der Waals surface area contributed by atoms with Crippen LogP contribution in [0.4, 0.5) is 5.69 Å². The van der Waals surface area contributed by atoms with Crippen molar-refractivity contribution in [1.29, 1.82) is 0 Å². The molecule has 1 atom stereocenters. The predicted octanol–water partition coefficient (Wildman–Crippen LogP) is 1.11. The number of nitrogens with one attached hydrogen (secondary N) is 2.